The molecule has 0 spiro atoms. The van der Waals surface area contributed by atoms with E-state index in [0.717, 1.165) is 34.2 Å². The van der Waals surface area contributed by atoms with Gasteiger partial charge in [-0.3, -0.25) is 5.10 Å². The smallest absolute Gasteiger partial charge is 0.157 e. The maximum absolute atomic E-state index is 6.79. The van der Waals surface area contributed by atoms with Crippen molar-refractivity contribution < 1.29 is 0 Å². The summed E-state index contributed by atoms with van der Waals surface area (Å²) in [5.74, 6) is 0.685. The average Bonchev–Trinajstić information content (AvgIpc) is 3.18. The molecule has 2 aromatic carbocycles. The van der Waals surface area contributed by atoms with Crippen LogP contribution in [0.1, 0.15) is 25.8 Å². The molecule has 4 aromatic rings. The lowest BCUT2D eigenvalue weighted by atomic mass is 9.95. The van der Waals surface area contributed by atoms with E-state index in [-0.39, 0.29) is 0 Å². The van der Waals surface area contributed by atoms with E-state index in [1.807, 2.05) is 18.2 Å². The minimum atomic E-state index is 0.679. The number of halogens is 1. The third kappa shape index (κ3) is 3.47. The van der Waals surface area contributed by atoms with Crippen molar-refractivity contribution in [3.05, 3.63) is 71.4 Å². The molecular formula is C23H22ClN3. The van der Waals surface area contributed by atoms with Gasteiger partial charge in [0.05, 0.1) is 22.3 Å². The Morgan fingerprint density at radius 3 is 2.44 bits per heavy atom. The highest BCUT2D eigenvalue weighted by molar-refractivity contribution is 6.38. The molecule has 4 rings (SSSR count). The van der Waals surface area contributed by atoms with E-state index in [1.54, 1.807) is 6.20 Å². The van der Waals surface area contributed by atoms with Gasteiger partial charge in [-0.05, 0) is 23.5 Å². The first kappa shape index (κ1) is 17.7. The molecule has 0 aliphatic heterocycles. The molecule has 1 N–H and O–H groups in total. The monoisotopic (exact) mass is 375 g/mol. The Labute approximate surface area is 164 Å². The zero-order valence-corrected chi connectivity index (χ0v) is 16.3. The number of nitrogens with zero attached hydrogens (tertiary/aromatic N) is 2. The predicted octanol–water partition coefficient (Wildman–Crippen LogP) is 6.53. The standard InChI is InChI=1S/C23H22ClN3/c1-3-15(2)13-16-9-11-18(12-10-16)22-20(17-7-5-4-6-8-17)21(24)19-14-25-27-23(19)26-22/h4-12,14-15H,3,13H2,1-2H3,(H,25,26,27). The fourth-order valence-corrected chi connectivity index (χ4v) is 3.69. The Morgan fingerprint density at radius 2 is 1.74 bits per heavy atom. The highest BCUT2D eigenvalue weighted by Crippen LogP contribution is 2.40. The number of rotatable bonds is 5. The highest BCUT2D eigenvalue weighted by atomic mass is 35.5. The first-order valence-electron chi connectivity index (χ1n) is 9.34. The lowest BCUT2D eigenvalue weighted by Crippen LogP contribution is -1.98. The van der Waals surface area contributed by atoms with Gasteiger partial charge in [0, 0.05) is 11.1 Å². The Morgan fingerprint density at radius 1 is 1.00 bits per heavy atom. The summed E-state index contributed by atoms with van der Waals surface area (Å²) in [5, 5.41) is 8.58. The van der Waals surface area contributed by atoms with Gasteiger partial charge >= 0.3 is 0 Å². The Bertz CT molecular complexity index is 1050. The first-order chi connectivity index (χ1) is 13.2. The number of aromatic nitrogens is 3. The van der Waals surface area contributed by atoms with Gasteiger partial charge in [0.15, 0.2) is 5.65 Å². The van der Waals surface area contributed by atoms with Gasteiger partial charge in [0.25, 0.3) is 0 Å². The van der Waals surface area contributed by atoms with E-state index in [9.17, 15) is 0 Å². The van der Waals surface area contributed by atoms with Gasteiger partial charge in [0.2, 0.25) is 0 Å². The number of nitrogens with one attached hydrogen (secondary N) is 1. The molecule has 3 nitrogen and oxygen atoms in total. The molecule has 0 fully saturated rings. The molecule has 2 aromatic heterocycles. The fourth-order valence-electron chi connectivity index (χ4n) is 3.35. The Hall–Kier alpha value is -2.65. The zero-order valence-electron chi connectivity index (χ0n) is 15.5. The molecule has 0 bridgehead atoms. The third-order valence-corrected chi connectivity index (χ3v) is 5.50. The summed E-state index contributed by atoms with van der Waals surface area (Å²) < 4.78 is 0. The van der Waals surface area contributed by atoms with E-state index in [4.69, 9.17) is 16.6 Å². The quantitative estimate of drug-likeness (QED) is 0.430. The molecule has 1 atom stereocenters. The molecular weight excluding hydrogens is 354 g/mol. The summed E-state index contributed by atoms with van der Waals surface area (Å²) in [6.07, 6.45) is 4.01. The first-order valence-corrected chi connectivity index (χ1v) is 9.72. The molecule has 0 aliphatic rings. The van der Waals surface area contributed by atoms with E-state index >= 15 is 0 Å². The summed E-state index contributed by atoms with van der Waals surface area (Å²) in [5.41, 5.74) is 5.98. The van der Waals surface area contributed by atoms with E-state index in [0.29, 0.717) is 16.6 Å². The number of hydrogen-bond acceptors (Lipinski definition) is 2. The second-order valence-electron chi connectivity index (χ2n) is 7.06. The number of H-pyrrole nitrogens is 1. The van der Waals surface area contributed by atoms with Crippen LogP contribution in [0.25, 0.3) is 33.4 Å². The minimum absolute atomic E-state index is 0.679. The van der Waals surface area contributed by atoms with E-state index in [2.05, 4.69) is 60.4 Å². The summed E-state index contributed by atoms with van der Waals surface area (Å²) in [7, 11) is 0. The maximum Gasteiger partial charge on any atom is 0.157 e. The molecule has 1 unspecified atom stereocenters. The number of fused-ring (bicyclic) bond motifs is 1. The second-order valence-corrected chi connectivity index (χ2v) is 7.44. The van der Waals surface area contributed by atoms with Crippen LogP contribution < -0.4 is 0 Å². The molecule has 0 saturated heterocycles. The number of aromatic amines is 1. The summed E-state index contributed by atoms with van der Waals surface area (Å²) in [4.78, 5) is 4.85. The van der Waals surface area contributed by atoms with Crippen LogP contribution in [0.15, 0.2) is 60.8 Å². The van der Waals surface area contributed by atoms with Gasteiger partial charge < -0.3 is 0 Å². The Kier molecular flexibility index (Phi) is 4.95. The molecule has 0 amide bonds. The largest absolute Gasteiger partial charge is 0.261 e. The average molecular weight is 376 g/mol. The minimum Gasteiger partial charge on any atom is -0.261 e. The van der Waals surface area contributed by atoms with Crippen LogP contribution in [0.5, 0.6) is 0 Å². The summed E-state index contributed by atoms with van der Waals surface area (Å²) in [6.45, 7) is 4.52. The van der Waals surface area contributed by atoms with Crippen LogP contribution in [-0.4, -0.2) is 15.2 Å². The van der Waals surface area contributed by atoms with Crippen molar-refractivity contribution in [2.24, 2.45) is 5.92 Å². The van der Waals surface area contributed by atoms with Crippen LogP contribution >= 0.6 is 11.6 Å². The van der Waals surface area contributed by atoms with Crippen molar-refractivity contribution >= 4 is 22.6 Å². The van der Waals surface area contributed by atoms with Crippen molar-refractivity contribution in [3.63, 3.8) is 0 Å². The van der Waals surface area contributed by atoms with Crippen LogP contribution in [0.4, 0.5) is 0 Å². The van der Waals surface area contributed by atoms with Crippen LogP contribution in [-0.2, 0) is 6.42 Å². The lowest BCUT2D eigenvalue weighted by molar-refractivity contribution is 0.560. The molecule has 0 saturated carbocycles. The normalized spacial score (nSPS) is 12.4. The molecule has 136 valence electrons. The SMILES string of the molecule is CCC(C)Cc1ccc(-c2nc3[nH]ncc3c(Cl)c2-c2ccccc2)cc1. The van der Waals surface area contributed by atoms with Gasteiger partial charge in [-0.1, -0.05) is 86.5 Å². The molecule has 4 heteroatoms. The topological polar surface area (TPSA) is 41.6 Å². The fraction of sp³-hybridized carbons (Fsp3) is 0.217. The highest BCUT2D eigenvalue weighted by Gasteiger charge is 2.18. The van der Waals surface area contributed by atoms with Gasteiger partial charge in [-0.25, -0.2) is 4.98 Å². The van der Waals surface area contributed by atoms with Gasteiger partial charge in [-0.15, -0.1) is 0 Å². The number of hydrogen-bond donors (Lipinski definition) is 1. The molecule has 2 heterocycles. The second kappa shape index (κ2) is 7.53. The molecule has 27 heavy (non-hydrogen) atoms. The maximum atomic E-state index is 6.79. The van der Waals surface area contributed by atoms with Gasteiger partial charge in [-0.2, -0.15) is 5.10 Å². The van der Waals surface area contributed by atoms with Crippen molar-refractivity contribution in [2.75, 3.05) is 0 Å². The van der Waals surface area contributed by atoms with Crippen LogP contribution in [0.2, 0.25) is 5.02 Å². The van der Waals surface area contributed by atoms with Crippen molar-refractivity contribution in [3.8, 4) is 22.4 Å². The summed E-state index contributed by atoms with van der Waals surface area (Å²) in [6, 6.07) is 18.9. The number of benzene rings is 2. The van der Waals surface area contributed by atoms with Crippen LogP contribution in [0, 0.1) is 5.92 Å². The van der Waals surface area contributed by atoms with Crippen molar-refractivity contribution in [2.45, 2.75) is 26.7 Å². The predicted molar refractivity (Wildman–Crippen MR) is 113 cm³/mol. The van der Waals surface area contributed by atoms with Crippen molar-refractivity contribution in [1.29, 1.82) is 0 Å². The van der Waals surface area contributed by atoms with E-state index < -0.39 is 0 Å². The van der Waals surface area contributed by atoms with E-state index in [1.165, 1.54) is 12.0 Å². The van der Waals surface area contributed by atoms with Crippen LogP contribution in [0.3, 0.4) is 0 Å². The lowest BCUT2D eigenvalue weighted by Gasteiger charge is -2.13. The number of pyridine rings is 1. The molecule has 0 aliphatic carbocycles. The zero-order chi connectivity index (χ0) is 18.8. The third-order valence-electron chi connectivity index (χ3n) is 5.11. The van der Waals surface area contributed by atoms with Crippen molar-refractivity contribution in [1.82, 2.24) is 15.2 Å². The van der Waals surface area contributed by atoms with Gasteiger partial charge in [0.1, 0.15) is 0 Å². The molecule has 0 radical (unpaired) electrons. The summed E-state index contributed by atoms with van der Waals surface area (Å²) >= 11 is 6.79. The Balaban J connectivity index is 1.85.